The zero-order valence-electron chi connectivity index (χ0n) is 10.8. The number of nitrogens with zero attached hydrogens (tertiary/aromatic N) is 1. The summed E-state index contributed by atoms with van der Waals surface area (Å²) >= 11 is 5.94. The normalized spacial score (nSPS) is 20.1. The number of hydrogen-bond donors (Lipinski definition) is 2. The number of aliphatic hydroxyl groups excluding tert-OH is 1. The van der Waals surface area contributed by atoms with Gasteiger partial charge in [-0.1, -0.05) is 24.4 Å². The lowest BCUT2D eigenvalue weighted by atomic mass is 10.1. The molecular weight excluding hydrogens is 264 g/mol. The van der Waals surface area contributed by atoms with E-state index in [1.807, 2.05) is 0 Å². The summed E-state index contributed by atoms with van der Waals surface area (Å²) in [5.74, 6) is -0.102. The van der Waals surface area contributed by atoms with Crippen LogP contribution in [0.2, 0.25) is 5.02 Å². The molecule has 1 aliphatic heterocycles. The van der Waals surface area contributed by atoms with E-state index in [9.17, 15) is 9.90 Å². The Bertz CT molecular complexity index is 445. The number of hydrogen-bond acceptors (Lipinski definition) is 3. The number of carbonyl (C=O) groups is 1. The van der Waals surface area contributed by atoms with Crippen LogP contribution < -0.4 is 5.73 Å². The predicted molar refractivity (Wildman–Crippen MR) is 76.2 cm³/mol. The molecule has 104 valence electrons. The van der Waals surface area contributed by atoms with Crippen LogP contribution in [0.15, 0.2) is 18.2 Å². The number of likely N-dealkylation sites (tertiary alicyclic amines) is 1. The molecule has 0 saturated carbocycles. The monoisotopic (exact) mass is 282 g/mol. The summed E-state index contributed by atoms with van der Waals surface area (Å²) in [4.78, 5) is 14.3. The van der Waals surface area contributed by atoms with Crippen molar-refractivity contribution in [2.75, 3.05) is 18.9 Å². The van der Waals surface area contributed by atoms with Crippen LogP contribution in [0.4, 0.5) is 5.69 Å². The lowest BCUT2D eigenvalue weighted by molar-refractivity contribution is 0.0600. The molecule has 1 atom stereocenters. The van der Waals surface area contributed by atoms with Gasteiger partial charge in [-0.25, -0.2) is 0 Å². The van der Waals surface area contributed by atoms with Crippen molar-refractivity contribution in [3.05, 3.63) is 28.8 Å². The highest BCUT2D eigenvalue weighted by atomic mass is 35.5. The molecule has 0 bridgehead atoms. The van der Waals surface area contributed by atoms with E-state index in [2.05, 4.69) is 0 Å². The van der Waals surface area contributed by atoms with Crippen molar-refractivity contribution in [2.24, 2.45) is 0 Å². The molecule has 2 rings (SSSR count). The number of nitrogens with two attached hydrogens (primary N) is 1. The number of aliphatic hydroxyl groups is 1. The van der Waals surface area contributed by atoms with E-state index >= 15 is 0 Å². The van der Waals surface area contributed by atoms with Gasteiger partial charge in [0.05, 0.1) is 12.6 Å². The summed E-state index contributed by atoms with van der Waals surface area (Å²) in [6.45, 7) is 0.679. The van der Waals surface area contributed by atoms with Gasteiger partial charge in [-0.05, 0) is 31.0 Å². The molecule has 1 fully saturated rings. The van der Waals surface area contributed by atoms with Crippen LogP contribution >= 0.6 is 11.6 Å². The Balaban J connectivity index is 2.25. The van der Waals surface area contributed by atoms with Crippen LogP contribution in [-0.4, -0.2) is 35.1 Å². The first-order valence-electron chi connectivity index (χ1n) is 6.59. The van der Waals surface area contributed by atoms with Gasteiger partial charge in [0, 0.05) is 22.8 Å². The molecule has 1 saturated heterocycles. The van der Waals surface area contributed by atoms with Gasteiger partial charge in [0.1, 0.15) is 0 Å². The minimum Gasteiger partial charge on any atom is -0.399 e. The van der Waals surface area contributed by atoms with Crippen LogP contribution in [0, 0.1) is 0 Å². The van der Waals surface area contributed by atoms with Crippen LogP contribution in [0.5, 0.6) is 0 Å². The van der Waals surface area contributed by atoms with Crippen LogP contribution in [-0.2, 0) is 0 Å². The lowest BCUT2D eigenvalue weighted by Gasteiger charge is -2.28. The zero-order valence-corrected chi connectivity index (χ0v) is 11.6. The molecular formula is C14H19ClN2O2. The fourth-order valence-electron chi connectivity index (χ4n) is 2.54. The number of halogens is 1. The van der Waals surface area contributed by atoms with E-state index in [4.69, 9.17) is 17.3 Å². The predicted octanol–water partition coefficient (Wildman–Crippen LogP) is 2.30. The second-order valence-corrected chi connectivity index (χ2v) is 5.39. The first-order chi connectivity index (χ1) is 9.11. The Kier molecular flexibility index (Phi) is 4.66. The second kappa shape index (κ2) is 6.26. The van der Waals surface area contributed by atoms with E-state index in [1.54, 1.807) is 23.1 Å². The maximum atomic E-state index is 12.5. The Morgan fingerprint density at radius 1 is 1.37 bits per heavy atom. The maximum absolute atomic E-state index is 12.5. The van der Waals surface area contributed by atoms with E-state index in [-0.39, 0.29) is 18.6 Å². The fourth-order valence-corrected chi connectivity index (χ4v) is 2.78. The lowest BCUT2D eigenvalue weighted by Crippen LogP contribution is -2.42. The van der Waals surface area contributed by atoms with Gasteiger partial charge >= 0.3 is 0 Å². The van der Waals surface area contributed by atoms with Gasteiger partial charge in [0.25, 0.3) is 5.91 Å². The zero-order chi connectivity index (χ0) is 13.8. The molecule has 0 spiro atoms. The van der Waals surface area contributed by atoms with Crippen molar-refractivity contribution < 1.29 is 9.90 Å². The van der Waals surface area contributed by atoms with Crippen LogP contribution in [0.3, 0.4) is 0 Å². The first kappa shape index (κ1) is 14.2. The Labute approximate surface area is 118 Å². The molecule has 1 aromatic carbocycles. The summed E-state index contributed by atoms with van der Waals surface area (Å²) in [6, 6.07) is 4.77. The minimum absolute atomic E-state index is 0.00177. The molecule has 0 aromatic heterocycles. The summed E-state index contributed by atoms with van der Waals surface area (Å²) in [6.07, 6.45) is 3.96. The molecule has 1 amide bonds. The average Bonchev–Trinajstić information content (AvgIpc) is 2.61. The van der Waals surface area contributed by atoms with Crippen molar-refractivity contribution in [1.29, 1.82) is 0 Å². The molecule has 19 heavy (non-hydrogen) atoms. The molecule has 0 aliphatic carbocycles. The molecule has 1 aromatic rings. The van der Waals surface area contributed by atoms with E-state index in [0.717, 1.165) is 25.7 Å². The smallest absolute Gasteiger partial charge is 0.254 e. The minimum atomic E-state index is -0.102. The van der Waals surface area contributed by atoms with Crippen molar-refractivity contribution in [1.82, 2.24) is 4.90 Å². The van der Waals surface area contributed by atoms with E-state index in [1.165, 1.54) is 0 Å². The molecule has 4 nitrogen and oxygen atoms in total. The first-order valence-corrected chi connectivity index (χ1v) is 6.97. The fraction of sp³-hybridized carbons (Fsp3) is 0.500. The average molecular weight is 283 g/mol. The van der Waals surface area contributed by atoms with Gasteiger partial charge in [-0.3, -0.25) is 4.79 Å². The molecule has 1 aliphatic rings. The number of anilines is 1. The van der Waals surface area contributed by atoms with Crippen molar-refractivity contribution in [3.63, 3.8) is 0 Å². The van der Waals surface area contributed by atoms with Crippen LogP contribution in [0.25, 0.3) is 0 Å². The van der Waals surface area contributed by atoms with E-state index < -0.39 is 0 Å². The van der Waals surface area contributed by atoms with Gasteiger partial charge in [-0.15, -0.1) is 0 Å². The Morgan fingerprint density at radius 3 is 2.84 bits per heavy atom. The van der Waals surface area contributed by atoms with Gasteiger partial charge in [0.2, 0.25) is 0 Å². The highest BCUT2D eigenvalue weighted by molar-refractivity contribution is 6.31. The number of nitrogen functional groups attached to an aromatic ring is 1. The maximum Gasteiger partial charge on any atom is 0.254 e. The number of benzene rings is 1. The largest absolute Gasteiger partial charge is 0.399 e. The van der Waals surface area contributed by atoms with Crippen molar-refractivity contribution >= 4 is 23.2 Å². The molecule has 1 heterocycles. The third-order valence-corrected chi connectivity index (χ3v) is 3.73. The highest BCUT2D eigenvalue weighted by Crippen LogP contribution is 2.22. The Morgan fingerprint density at radius 2 is 2.16 bits per heavy atom. The second-order valence-electron chi connectivity index (χ2n) is 4.96. The molecule has 3 N–H and O–H groups in total. The van der Waals surface area contributed by atoms with Gasteiger partial charge in [-0.2, -0.15) is 0 Å². The summed E-state index contributed by atoms with van der Waals surface area (Å²) in [5, 5.41) is 9.90. The summed E-state index contributed by atoms with van der Waals surface area (Å²) in [7, 11) is 0. The van der Waals surface area contributed by atoms with Gasteiger partial charge in [0.15, 0.2) is 0 Å². The van der Waals surface area contributed by atoms with Crippen molar-refractivity contribution in [2.45, 2.75) is 31.7 Å². The highest BCUT2D eigenvalue weighted by Gasteiger charge is 2.25. The standard InChI is InChI=1S/C14H19ClN2O2/c15-11-6-10(7-12(16)8-11)14(19)17-5-3-1-2-4-13(17)9-18/h6-8,13,18H,1-5,9,16H2. The topological polar surface area (TPSA) is 66.6 Å². The quantitative estimate of drug-likeness (QED) is 0.818. The van der Waals surface area contributed by atoms with Crippen molar-refractivity contribution in [3.8, 4) is 0 Å². The number of rotatable bonds is 2. The number of amides is 1. The third-order valence-electron chi connectivity index (χ3n) is 3.52. The molecule has 1 unspecified atom stereocenters. The van der Waals surface area contributed by atoms with Crippen LogP contribution in [0.1, 0.15) is 36.0 Å². The third kappa shape index (κ3) is 3.39. The molecule has 0 radical (unpaired) electrons. The van der Waals surface area contributed by atoms with E-state index in [0.29, 0.717) is 22.8 Å². The summed E-state index contributed by atoms with van der Waals surface area (Å²) in [5.41, 5.74) is 6.69. The molecule has 5 heteroatoms. The Hall–Kier alpha value is -1.26. The summed E-state index contributed by atoms with van der Waals surface area (Å²) < 4.78 is 0. The number of carbonyl (C=O) groups excluding carboxylic acids is 1. The SMILES string of the molecule is Nc1cc(Cl)cc(C(=O)N2CCCCCC2CO)c1. The van der Waals surface area contributed by atoms with Gasteiger partial charge < -0.3 is 15.7 Å².